The van der Waals surface area contributed by atoms with Crippen molar-refractivity contribution in [2.24, 2.45) is 0 Å². The molecule has 1 saturated heterocycles. The lowest BCUT2D eigenvalue weighted by Crippen LogP contribution is -2.26. The van der Waals surface area contributed by atoms with Crippen molar-refractivity contribution in [2.45, 2.75) is 25.7 Å². The molecule has 4 aromatic heterocycles. The van der Waals surface area contributed by atoms with Gasteiger partial charge in [0.2, 0.25) is 0 Å². The summed E-state index contributed by atoms with van der Waals surface area (Å²) in [6.07, 6.45) is 8.75. The number of amides is 1. The normalized spacial score (nSPS) is 14.8. The van der Waals surface area contributed by atoms with Gasteiger partial charge >= 0.3 is 0 Å². The zero-order valence-corrected chi connectivity index (χ0v) is 16.6. The molecule has 9 nitrogen and oxygen atoms in total. The van der Waals surface area contributed by atoms with Gasteiger partial charge in [-0.1, -0.05) is 6.07 Å². The number of anilines is 1. The molecule has 0 bridgehead atoms. The van der Waals surface area contributed by atoms with Gasteiger partial charge < -0.3 is 10.6 Å². The van der Waals surface area contributed by atoms with Crippen LogP contribution in [0, 0.1) is 6.92 Å². The van der Waals surface area contributed by atoms with Crippen molar-refractivity contribution in [3.8, 4) is 5.82 Å². The number of piperidine rings is 1. The molecule has 2 N–H and O–H groups in total. The van der Waals surface area contributed by atoms with Gasteiger partial charge in [0.15, 0.2) is 11.5 Å². The number of aryl methyl sites for hydroxylation is 1. The number of fused-ring (bicyclic) bond motifs is 1. The largest absolute Gasteiger partial charge is 0.317 e. The fourth-order valence-electron chi connectivity index (χ4n) is 3.74. The molecule has 0 radical (unpaired) electrons. The van der Waals surface area contributed by atoms with E-state index in [1.807, 2.05) is 25.1 Å². The summed E-state index contributed by atoms with van der Waals surface area (Å²) in [6, 6.07) is 7.61. The molecule has 9 heteroatoms. The first-order valence-electron chi connectivity index (χ1n) is 10.0. The van der Waals surface area contributed by atoms with Gasteiger partial charge in [-0.2, -0.15) is 14.9 Å². The van der Waals surface area contributed by atoms with Gasteiger partial charge in [0, 0.05) is 30.6 Å². The lowest BCUT2D eigenvalue weighted by molar-refractivity contribution is 0.102. The monoisotopic (exact) mass is 402 g/mol. The Balaban J connectivity index is 1.51. The Labute approximate surface area is 173 Å². The van der Waals surface area contributed by atoms with Gasteiger partial charge in [0.1, 0.15) is 11.4 Å². The molecule has 0 aliphatic carbocycles. The predicted octanol–water partition coefficient (Wildman–Crippen LogP) is 2.34. The Morgan fingerprint density at radius 2 is 2.07 bits per heavy atom. The molecule has 1 aliphatic rings. The molecule has 152 valence electrons. The van der Waals surface area contributed by atoms with Gasteiger partial charge in [-0.15, -0.1) is 0 Å². The summed E-state index contributed by atoms with van der Waals surface area (Å²) in [7, 11) is 0. The molecule has 0 aromatic carbocycles. The molecule has 30 heavy (non-hydrogen) atoms. The molecular formula is C21H22N8O. The summed E-state index contributed by atoms with van der Waals surface area (Å²) >= 11 is 0. The Kier molecular flexibility index (Phi) is 4.72. The Morgan fingerprint density at radius 1 is 1.20 bits per heavy atom. The number of carbonyl (C=O) groups excluding carboxylic acids is 1. The SMILES string of the molecule is Cc1ccc(-n2nc(C3CCNCC3)cc2NC(=O)c2cnn3cccnc23)nc1. The zero-order chi connectivity index (χ0) is 20.5. The number of carbonyl (C=O) groups is 1. The topological polar surface area (TPSA) is 102 Å². The van der Waals surface area contributed by atoms with Gasteiger partial charge in [0.25, 0.3) is 5.91 Å². The van der Waals surface area contributed by atoms with E-state index in [-0.39, 0.29) is 5.91 Å². The maximum Gasteiger partial charge on any atom is 0.262 e. The van der Waals surface area contributed by atoms with Crippen molar-refractivity contribution in [2.75, 3.05) is 18.4 Å². The second-order valence-corrected chi connectivity index (χ2v) is 7.48. The van der Waals surface area contributed by atoms with Crippen molar-refractivity contribution >= 4 is 17.4 Å². The van der Waals surface area contributed by atoms with E-state index < -0.39 is 0 Å². The average Bonchev–Trinajstić information content (AvgIpc) is 3.39. The van der Waals surface area contributed by atoms with Crippen LogP contribution in [0.2, 0.25) is 0 Å². The molecular weight excluding hydrogens is 380 g/mol. The quantitative estimate of drug-likeness (QED) is 0.543. The van der Waals surface area contributed by atoms with Crippen LogP contribution in [0.1, 0.15) is 40.4 Å². The van der Waals surface area contributed by atoms with Crippen molar-refractivity contribution in [1.29, 1.82) is 0 Å². The van der Waals surface area contributed by atoms with Crippen molar-refractivity contribution in [3.05, 3.63) is 65.9 Å². The van der Waals surface area contributed by atoms with Crippen LogP contribution in [-0.4, -0.2) is 48.4 Å². The van der Waals surface area contributed by atoms with E-state index in [4.69, 9.17) is 5.10 Å². The third kappa shape index (κ3) is 3.43. The number of rotatable bonds is 4. The van der Waals surface area contributed by atoms with E-state index in [2.05, 4.69) is 25.7 Å². The number of pyridine rings is 1. The highest BCUT2D eigenvalue weighted by molar-refractivity contribution is 6.07. The fourth-order valence-corrected chi connectivity index (χ4v) is 3.74. The molecule has 1 amide bonds. The van der Waals surface area contributed by atoms with Crippen LogP contribution >= 0.6 is 0 Å². The summed E-state index contributed by atoms with van der Waals surface area (Å²) in [6.45, 7) is 3.92. The summed E-state index contributed by atoms with van der Waals surface area (Å²) in [5.74, 6) is 1.32. The van der Waals surface area contributed by atoms with Crippen LogP contribution in [0.25, 0.3) is 11.5 Å². The molecule has 0 atom stereocenters. The van der Waals surface area contributed by atoms with Gasteiger partial charge in [-0.05, 0) is 50.6 Å². The summed E-state index contributed by atoms with van der Waals surface area (Å²) in [5.41, 5.74) is 2.94. The third-order valence-corrected chi connectivity index (χ3v) is 5.36. The lowest BCUT2D eigenvalue weighted by atomic mass is 9.95. The van der Waals surface area contributed by atoms with Crippen LogP contribution < -0.4 is 10.6 Å². The van der Waals surface area contributed by atoms with E-state index in [1.54, 1.807) is 33.9 Å². The molecule has 4 aromatic rings. The molecule has 5 rings (SSSR count). The summed E-state index contributed by atoms with van der Waals surface area (Å²) < 4.78 is 3.28. The summed E-state index contributed by atoms with van der Waals surface area (Å²) in [4.78, 5) is 21.8. The number of hydrogen-bond acceptors (Lipinski definition) is 6. The predicted molar refractivity (Wildman–Crippen MR) is 112 cm³/mol. The first-order chi connectivity index (χ1) is 14.7. The van der Waals surface area contributed by atoms with Crippen LogP contribution in [0.15, 0.2) is 49.1 Å². The standard InChI is InChI=1S/C21H22N8O/c1-14-3-4-18(24-12-14)29-19(11-17(27-29)15-5-8-22-9-6-15)26-21(30)16-13-25-28-10-2-7-23-20(16)28/h2-4,7,10-13,15,22H,5-6,8-9H2,1H3,(H,26,30). The fraction of sp³-hybridized carbons (Fsp3) is 0.286. The number of nitrogens with zero attached hydrogens (tertiary/aromatic N) is 6. The minimum Gasteiger partial charge on any atom is -0.317 e. The molecule has 1 aliphatic heterocycles. The molecule has 1 fully saturated rings. The van der Waals surface area contributed by atoms with Crippen LogP contribution in [-0.2, 0) is 0 Å². The second kappa shape index (κ2) is 7.68. The van der Waals surface area contributed by atoms with Gasteiger partial charge in [-0.3, -0.25) is 4.79 Å². The minimum absolute atomic E-state index is 0.283. The maximum atomic E-state index is 13.0. The van der Waals surface area contributed by atoms with Crippen LogP contribution in [0.4, 0.5) is 5.82 Å². The number of nitrogens with one attached hydrogen (secondary N) is 2. The number of aromatic nitrogens is 6. The first kappa shape index (κ1) is 18.4. The Hall–Kier alpha value is -3.59. The number of hydrogen-bond donors (Lipinski definition) is 2. The Morgan fingerprint density at radius 3 is 2.87 bits per heavy atom. The van der Waals surface area contributed by atoms with Crippen LogP contribution in [0.3, 0.4) is 0 Å². The minimum atomic E-state index is -0.283. The van der Waals surface area contributed by atoms with E-state index in [1.165, 1.54) is 6.20 Å². The highest BCUT2D eigenvalue weighted by Crippen LogP contribution is 2.28. The molecule has 0 spiro atoms. The maximum absolute atomic E-state index is 13.0. The highest BCUT2D eigenvalue weighted by atomic mass is 16.1. The van der Waals surface area contributed by atoms with Gasteiger partial charge in [-0.25, -0.2) is 14.5 Å². The molecule has 5 heterocycles. The first-order valence-corrected chi connectivity index (χ1v) is 10.0. The molecule has 0 unspecified atom stereocenters. The highest BCUT2D eigenvalue weighted by Gasteiger charge is 2.23. The second-order valence-electron chi connectivity index (χ2n) is 7.48. The van der Waals surface area contributed by atoms with Crippen molar-refractivity contribution < 1.29 is 4.79 Å². The zero-order valence-electron chi connectivity index (χ0n) is 16.6. The third-order valence-electron chi connectivity index (χ3n) is 5.36. The van der Waals surface area contributed by atoms with E-state index in [0.717, 1.165) is 37.2 Å². The van der Waals surface area contributed by atoms with E-state index in [9.17, 15) is 4.79 Å². The van der Waals surface area contributed by atoms with Crippen LogP contribution in [0.5, 0.6) is 0 Å². The smallest absolute Gasteiger partial charge is 0.262 e. The van der Waals surface area contributed by atoms with Gasteiger partial charge in [0.05, 0.1) is 11.9 Å². The van der Waals surface area contributed by atoms with Crippen molar-refractivity contribution in [1.82, 2.24) is 34.7 Å². The average molecular weight is 402 g/mol. The van der Waals surface area contributed by atoms with E-state index >= 15 is 0 Å². The lowest BCUT2D eigenvalue weighted by Gasteiger charge is -2.20. The van der Waals surface area contributed by atoms with Crippen molar-refractivity contribution in [3.63, 3.8) is 0 Å². The Bertz CT molecular complexity index is 1190. The summed E-state index contributed by atoms with van der Waals surface area (Å²) in [5, 5.41) is 15.4. The van der Waals surface area contributed by atoms with E-state index in [0.29, 0.717) is 28.8 Å². The molecule has 0 saturated carbocycles.